The van der Waals surface area contributed by atoms with Gasteiger partial charge < -0.3 is 0 Å². The lowest BCUT2D eigenvalue weighted by Crippen LogP contribution is -2.36. The van der Waals surface area contributed by atoms with E-state index >= 15 is 0 Å². The highest BCUT2D eigenvalue weighted by Gasteiger charge is 2.21. The van der Waals surface area contributed by atoms with E-state index in [1.807, 2.05) is 0 Å². The van der Waals surface area contributed by atoms with Gasteiger partial charge in [-0.1, -0.05) is 139 Å². The lowest BCUT2D eigenvalue weighted by Gasteiger charge is -2.24. The van der Waals surface area contributed by atoms with Crippen LogP contribution in [0.25, 0.3) is 76.5 Å². The molecule has 0 fully saturated rings. The van der Waals surface area contributed by atoms with Crippen molar-refractivity contribution in [1.29, 1.82) is 0 Å². The van der Waals surface area contributed by atoms with Crippen molar-refractivity contribution in [3.63, 3.8) is 0 Å². The minimum atomic E-state index is 0.478. The molecule has 0 saturated carbocycles. The van der Waals surface area contributed by atoms with E-state index in [0.717, 1.165) is 6.42 Å². The summed E-state index contributed by atoms with van der Waals surface area (Å²) in [4.78, 5) is 0. The third-order valence-electron chi connectivity index (χ3n) is 10.1. The molecule has 2 aliphatic carbocycles. The first-order valence-electron chi connectivity index (χ1n) is 15.7. The van der Waals surface area contributed by atoms with E-state index in [2.05, 4.69) is 153 Å². The Bertz CT molecular complexity index is 2540. The fourth-order valence-corrected chi connectivity index (χ4v) is 8.08. The molecule has 0 aliphatic heterocycles. The number of hydrogen-bond donors (Lipinski definition) is 0. The van der Waals surface area contributed by atoms with Crippen LogP contribution >= 0.6 is 0 Å². The Hall–Kier alpha value is -5.20. The second kappa shape index (κ2) is 9.66. The smallest absolute Gasteiger partial charge is 0.00646 e. The van der Waals surface area contributed by atoms with Crippen LogP contribution in [0.1, 0.15) is 18.9 Å². The highest BCUT2D eigenvalue weighted by atomic mass is 14.2. The topological polar surface area (TPSA) is 0 Å². The Morgan fingerprint density at radius 3 is 1.98 bits per heavy atom. The summed E-state index contributed by atoms with van der Waals surface area (Å²) in [5.74, 6) is 0.478. The van der Waals surface area contributed by atoms with E-state index in [9.17, 15) is 0 Å². The van der Waals surface area contributed by atoms with Crippen LogP contribution in [0.15, 0.2) is 140 Å². The van der Waals surface area contributed by atoms with Crippen LogP contribution in [0.2, 0.25) is 0 Å². The maximum absolute atomic E-state index is 2.46. The molecule has 208 valence electrons. The average molecular weight is 561 g/mol. The maximum Gasteiger partial charge on any atom is 0.00646 e. The molecule has 7 aromatic rings. The highest BCUT2D eigenvalue weighted by Crippen LogP contribution is 2.41. The third-order valence-corrected chi connectivity index (χ3v) is 10.1. The Labute approximate surface area is 257 Å². The Kier molecular flexibility index (Phi) is 5.56. The molecular formula is C44H32. The molecule has 0 bridgehead atoms. The predicted molar refractivity (Wildman–Crippen MR) is 190 cm³/mol. The van der Waals surface area contributed by atoms with Crippen LogP contribution in [0, 0.1) is 12.8 Å². The third kappa shape index (κ3) is 3.64. The fraction of sp³-hybridized carbons (Fsp3) is 0.0909. The van der Waals surface area contributed by atoms with Gasteiger partial charge in [-0.05, 0) is 113 Å². The maximum atomic E-state index is 2.46. The van der Waals surface area contributed by atoms with Gasteiger partial charge in [0.05, 0.1) is 0 Å². The molecule has 1 atom stereocenters. The molecule has 1 unspecified atom stereocenters. The molecule has 0 N–H and O–H groups in total. The van der Waals surface area contributed by atoms with Gasteiger partial charge in [-0.25, -0.2) is 0 Å². The summed E-state index contributed by atoms with van der Waals surface area (Å²) in [6, 6.07) is 43.1. The minimum Gasteiger partial charge on any atom is -0.0767 e. The van der Waals surface area contributed by atoms with Gasteiger partial charge in [0.25, 0.3) is 0 Å². The van der Waals surface area contributed by atoms with Crippen molar-refractivity contribution < 1.29 is 0 Å². The summed E-state index contributed by atoms with van der Waals surface area (Å²) in [5, 5.41) is 13.2. The van der Waals surface area contributed by atoms with Crippen molar-refractivity contribution in [2.75, 3.05) is 0 Å². The molecule has 0 saturated heterocycles. The van der Waals surface area contributed by atoms with Crippen LogP contribution in [0.5, 0.6) is 0 Å². The molecule has 0 aromatic heterocycles. The molecule has 0 heterocycles. The molecule has 44 heavy (non-hydrogen) atoms. The first-order valence-corrected chi connectivity index (χ1v) is 15.7. The van der Waals surface area contributed by atoms with Gasteiger partial charge in [0, 0.05) is 5.92 Å². The molecular weight excluding hydrogens is 528 g/mol. The van der Waals surface area contributed by atoms with Gasteiger partial charge in [-0.2, -0.15) is 0 Å². The van der Waals surface area contributed by atoms with E-state index in [-0.39, 0.29) is 0 Å². The molecule has 0 radical (unpaired) electrons. The summed E-state index contributed by atoms with van der Waals surface area (Å²) < 4.78 is 0. The van der Waals surface area contributed by atoms with Gasteiger partial charge >= 0.3 is 0 Å². The Morgan fingerprint density at radius 1 is 0.500 bits per heavy atom. The van der Waals surface area contributed by atoms with Crippen molar-refractivity contribution in [3.8, 4) is 22.3 Å². The Morgan fingerprint density at radius 2 is 1.14 bits per heavy atom. The van der Waals surface area contributed by atoms with Crippen LogP contribution in [-0.2, 0) is 0 Å². The van der Waals surface area contributed by atoms with Crippen LogP contribution in [0.4, 0.5) is 0 Å². The van der Waals surface area contributed by atoms with Gasteiger partial charge in [0.1, 0.15) is 0 Å². The number of hydrogen-bond acceptors (Lipinski definition) is 0. The Balaban J connectivity index is 1.34. The van der Waals surface area contributed by atoms with E-state index in [1.54, 1.807) is 0 Å². The molecule has 9 rings (SSSR count). The quantitative estimate of drug-likeness (QED) is 0.185. The van der Waals surface area contributed by atoms with Crippen molar-refractivity contribution in [3.05, 3.63) is 156 Å². The molecule has 0 heteroatoms. The zero-order valence-corrected chi connectivity index (χ0v) is 25.1. The van der Waals surface area contributed by atoms with Gasteiger partial charge in [-0.15, -0.1) is 0 Å². The van der Waals surface area contributed by atoms with Crippen molar-refractivity contribution >= 4 is 54.2 Å². The van der Waals surface area contributed by atoms with E-state index < -0.39 is 0 Å². The SMILES string of the molecule is CC1=c2c(-c3cccc(-c4cc5c(ccc6c7ccccc7ccc65)c5ccccc45)c3C)cccc2=C2C=CC=CC2C1. The number of rotatable bonds is 2. The summed E-state index contributed by atoms with van der Waals surface area (Å²) in [7, 11) is 0. The first-order chi connectivity index (χ1) is 21.7. The minimum absolute atomic E-state index is 0.478. The molecule has 7 aromatic carbocycles. The van der Waals surface area contributed by atoms with E-state index in [0.29, 0.717) is 5.92 Å². The summed E-state index contributed by atoms with van der Waals surface area (Å²) in [5.41, 5.74) is 9.52. The monoisotopic (exact) mass is 560 g/mol. The standard InChI is InChI=1S/C44H32/c1-27-25-30-12-4-6-14-34(30)41-20-10-19-40(44(27)41)31-17-9-18-32(28(31)2)42-26-43-38-22-21-29-11-3-5-13-33(29)37(38)23-24-39(43)35-15-7-8-16-36(35)42/h3-24,26,30H,25H2,1-2H3. The molecule has 0 amide bonds. The van der Waals surface area contributed by atoms with E-state index in [4.69, 9.17) is 0 Å². The van der Waals surface area contributed by atoms with Crippen molar-refractivity contribution in [2.45, 2.75) is 20.3 Å². The second-order valence-corrected chi connectivity index (χ2v) is 12.5. The number of fused-ring (bicyclic) bond motifs is 9. The molecule has 0 nitrogen and oxygen atoms in total. The molecule has 2 aliphatic rings. The van der Waals surface area contributed by atoms with Crippen LogP contribution in [0.3, 0.4) is 0 Å². The van der Waals surface area contributed by atoms with Gasteiger partial charge in [0.15, 0.2) is 0 Å². The van der Waals surface area contributed by atoms with E-state index in [1.165, 1.54) is 92.5 Å². The van der Waals surface area contributed by atoms with Crippen molar-refractivity contribution in [1.82, 2.24) is 0 Å². The number of allylic oxidation sites excluding steroid dienone is 4. The zero-order valence-electron chi connectivity index (χ0n) is 25.1. The van der Waals surface area contributed by atoms with Gasteiger partial charge in [-0.3, -0.25) is 0 Å². The highest BCUT2D eigenvalue weighted by molar-refractivity contribution is 6.24. The molecule has 0 spiro atoms. The zero-order chi connectivity index (χ0) is 29.4. The lowest BCUT2D eigenvalue weighted by atomic mass is 9.80. The summed E-state index contributed by atoms with van der Waals surface area (Å²) in [6.45, 7) is 4.65. The van der Waals surface area contributed by atoms with Crippen molar-refractivity contribution in [2.24, 2.45) is 5.92 Å². The lowest BCUT2D eigenvalue weighted by molar-refractivity contribution is 0.840. The largest absolute Gasteiger partial charge is 0.0767 e. The normalized spacial score (nSPS) is 15.8. The number of benzene rings is 7. The predicted octanol–water partition coefficient (Wildman–Crippen LogP) is 10.4. The fourth-order valence-electron chi connectivity index (χ4n) is 8.08. The first kappa shape index (κ1) is 25.3. The van der Waals surface area contributed by atoms with Crippen LogP contribution in [-0.4, -0.2) is 0 Å². The summed E-state index contributed by atoms with van der Waals surface area (Å²) >= 11 is 0. The second-order valence-electron chi connectivity index (χ2n) is 12.5. The average Bonchev–Trinajstić information content (AvgIpc) is 3.07. The van der Waals surface area contributed by atoms with Crippen LogP contribution < -0.4 is 10.4 Å². The van der Waals surface area contributed by atoms with Gasteiger partial charge in [0.2, 0.25) is 0 Å². The summed E-state index contributed by atoms with van der Waals surface area (Å²) in [6.07, 6.45) is 10.1.